The topological polar surface area (TPSA) is 57.7 Å². The van der Waals surface area contributed by atoms with Crippen LogP contribution in [-0.4, -0.2) is 67.3 Å². The maximum absolute atomic E-state index is 12.3. The fourth-order valence-electron chi connectivity index (χ4n) is 3.39. The summed E-state index contributed by atoms with van der Waals surface area (Å²) in [5.74, 6) is 0.119. The Morgan fingerprint density at radius 3 is 2.50 bits per heavy atom. The van der Waals surface area contributed by atoms with Crippen molar-refractivity contribution in [1.29, 1.82) is 0 Å². The van der Waals surface area contributed by atoms with Gasteiger partial charge in [0.25, 0.3) is 0 Å². The molecule has 0 aromatic rings. The third kappa shape index (κ3) is 3.52. The number of sulfone groups is 1. The molecule has 0 aromatic heterocycles. The number of hydrogen-bond acceptors (Lipinski definition) is 4. The van der Waals surface area contributed by atoms with E-state index in [0.717, 1.165) is 19.4 Å². The number of carbonyl (C=O) groups is 1. The molecule has 2 fully saturated rings. The Balaban J connectivity index is 1.90. The van der Waals surface area contributed by atoms with Crippen molar-refractivity contribution in [1.82, 2.24) is 9.80 Å². The minimum atomic E-state index is -3.02. The van der Waals surface area contributed by atoms with Crippen molar-refractivity contribution < 1.29 is 13.2 Å². The molecule has 2 saturated heterocycles. The first-order chi connectivity index (χ1) is 9.29. The van der Waals surface area contributed by atoms with E-state index in [-0.39, 0.29) is 11.2 Å². The Kier molecular flexibility index (Phi) is 4.74. The highest BCUT2D eigenvalue weighted by Crippen LogP contribution is 2.24. The van der Waals surface area contributed by atoms with Crippen LogP contribution in [0.5, 0.6) is 0 Å². The summed E-state index contributed by atoms with van der Waals surface area (Å²) in [6.07, 6.45) is 4.62. The van der Waals surface area contributed by atoms with Crippen molar-refractivity contribution in [2.75, 3.05) is 25.9 Å². The van der Waals surface area contributed by atoms with E-state index in [0.29, 0.717) is 38.0 Å². The van der Waals surface area contributed by atoms with E-state index in [1.807, 2.05) is 0 Å². The molecule has 2 aliphatic rings. The van der Waals surface area contributed by atoms with E-state index < -0.39 is 9.84 Å². The third-order valence-electron chi connectivity index (χ3n) is 4.60. The normalized spacial score (nSPS) is 28.5. The molecule has 20 heavy (non-hydrogen) atoms. The molecule has 1 amide bonds. The number of amides is 1. The number of nitrogens with zero attached hydrogens (tertiary/aromatic N) is 2. The van der Waals surface area contributed by atoms with Gasteiger partial charge in [-0.25, -0.2) is 8.42 Å². The van der Waals surface area contributed by atoms with Crippen LogP contribution in [0.3, 0.4) is 0 Å². The molecule has 6 heteroatoms. The Morgan fingerprint density at radius 1 is 1.25 bits per heavy atom. The minimum Gasteiger partial charge on any atom is -0.341 e. The van der Waals surface area contributed by atoms with Crippen LogP contribution in [-0.2, 0) is 14.6 Å². The Labute approximate surface area is 122 Å². The summed E-state index contributed by atoms with van der Waals surface area (Å²) in [6, 6.07) is 0.803. The van der Waals surface area contributed by atoms with Gasteiger partial charge in [-0.1, -0.05) is 0 Å². The van der Waals surface area contributed by atoms with E-state index in [1.165, 1.54) is 6.26 Å². The Bertz CT molecular complexity index is 461. The van der Waals surface area contributed by atoms with E-state index in [1.54, 1.807) is 4.90 Å². The molecule has 2 heterocycles. The van der Waals surface area contributed by atoms with Crippen LogP contribution < -0.4 is 0 Å². The zero-order valence-electron chi connectivity index (χ0n) is 12.7. The lowest BCUT2D eigenvalue weighted by Crippen LogP contribution is -2.40. The summed E-state index contributed by atoms with van der Waals surface area (Å²) in [5.41, 5.74) is 0. The monoisotopic (exact) mass is 302 g/mol. The van der Waals surface area contributed by atoms with Crippen LogP contribution in [0.1, 0.15) is 39.5 Å². The predicted octanol–water partition coefficient (Wildman–Crippen LogP) is 0.895. The van der Waals surface area contributed by atoms with Gasteiger partial charge in [0.05, 0.1) is 5.25 Å². The summed E-state index contributed by atoms with van der Waals surface area (Å²) in [4.78, 5) is 16.5. The van der Waals surface area contributed by atoms with Crippen LogP contribution >= 0.6 is 0 Å². The van der Waals surface area contributed by atoms with Crippen LogP contribution in [0.15, 0.2) is 0 Å². The van der Waals surface area contributed by atoms with E-state index in [4.69, 9.17) is 0 Å². The molecule has 0 spiro atoms. The highest BCUT2D eigenvalue weighted by atomic mass is 32.2. The van der Waals surface area contributed by atoms with Gasteiger partial charge < -0.3 is 4.90 Å². The number of rotatable bonds is 4. The standard InChI is InChI=1S/C14H26N2O3S/c1-11(2)16-7-4-5-12(16)9-14(17)15-8-6-13(10-15)20(3,18)19/h11-13H,4-10H2,1-3H3/t12-,13?/m0/s1. The first-order valence-corrected chi connectivity index (χ1v) is 9.47. The molecule has 2 aliphatic heterocycles. The van der Waals surface area contributed by atoms with Crippen molar-refractivity contribution in [2.24, 2.45) is 0 Å². The van der Waals surface area contributed by atoms with Crippen molar-refractivity contribution in [2.45, 2.75) is 56.9 Å². The van der Waals surface area contributed by atoms with Crippen molar-refractivity contribution in [3.63, 3.8) is 0 Å². The van der Waals surface area contributed by atoms with E-state index >= 15 is 0 Å². The Morgan fingerprint density at radius 2 is 1.95 bits per heavy atom. The second-order valence-electron chi connectivity index (χ2n) is 6.41. The minimum absolute atomic E-state index is 0.119. The highest BCUT2D eigenvalue weighted by molar-refractivity contribution is 7.91. The highest BCUT2D eigenvalue weighted by Gasteiger charge is 2.35. The van der Waals surface area contributed by atoms with Crippen molar-refractivity contribution in [3.05, 3.63) is 0 Å². The molecule has 1 unspecified atom stereocenters. The fraction of sp³-hybridized carbons (Fsp3) is 0.929. The third-order valence-corrected chi connectivity index (χ3v) is 6.20. The van der Waals surface area contributed by atoms with Gasteiger partial charge in [0, 0.05) is 37.8 Å². The first kappa shape index (κ1) is 15.8. The van der Waals surface area contributed by atoms with Gasteiger partial charge in [0.1, 0.15) is 0 Å². The summed E-state index contributed by atoms with van der Waals surface area (Å²) in [7, 11) is -3.02. The molecule has 2 rings (SSSR count). The first-order valence-electron chi connectivity index (χ1n) is 7.51. The molecule has 0 saturated carbocycles. The molecule has 0 N–H and O–H groups in total. The van der Waals surface area contributed by atoms with Gasteiger partial charge >= 0.3 is 0 Å². The summed E-state index contributed by atoms with van der Waals surface area (Å²) < 4.78 is 23.1. The quantitative estimate of drug-likeness (QED) is 0.774. The molecular weight excluding hydrogens is 276 g/mol. The molecule has 0 radical (unpaired) electrons. The number of carbonyl (C=O) groups excluding carboxylic acids is 1. The second kappa shape index (κ2) is 6.02. The summed E-state index contributed by atoms with van der Waals surface area (Å²) in [5, 5.41) is -0.365. The van der Waals surface area contributed by atoms with Crippen LogP contribution in [0.2, 0.25) is 0 Å². The fourth-order valence-corrected chi connectivity index (χ4v) is 4.38. The van der Waals surface area contributed by atoms with Gasteiger partial charge in [-0.05, 0) is 39.7 Å². The van der Waals surface area contributed by atoms with Crippen LogP contribution in [0.4, 0.5) is 0 Å². The van der Waals surface area contributed by atoms with Crippen molar-refractivity contribution >= 4 is 15.7 Å². The summed E-state index contributed by atoms with van der Waals surface area (Å²) >= 11 is 0. The maximum Gasteiger partial charge on any atom is 0.224 e. The zero-order valence-corrected chi connectivity index (χ0v) is 13.5. The smallest absolute Gasteiger partial charge is 0.224 e. The van der Waals surface area contributed by atoms with E-state index in [9.17, 15) is 13.2 Å². The molecule has 116 valence electrons. The lowest BCUT2D eigenvalue weighted by Gasteiger charge is -2.29. The SMILES string of the molecule is CC(C)N1CCC[C@H]1CC(=O)N1CCC(S(C)(=O)=O)C1. The lowest BCUT2D eigenvalue weighted by molar-refractivity contribution is -0.131. The van der Waals surface area contributed by atoms with Gasteiger partial charge in [-0.2, -0.15) is 0 Å². The van der Waals surface area contributed by atoms with Crippen molar-refractivity contribution in [3.8, 4) is 0 Å². The predicted molar refractivity (Wildman–Crippen MR) is 79.3 cm³/mol. The van der Waals surface area contributed by atoms with E-state index in [2.05, 4.69) is 18.7 Å². The molecule has 5 nitrogen and oxygen atoms in total. The van der Waals surface area contributed by atoms with Gasteiger partial charge in [0.15, 0.2) is 9.84 Å². The summed E-state index contributed by atoms with van der Waals surface area (Å²) in [6.45, 7) is 6.37. The average molecular weight is 302 g/mol. The van der Waals surface area contributed by atoms with Crippen LogP contribution in [0.25, 0.3) is 0 Å². The van der Waals surface area contributed by atoms with Crippen LogP contribution in [0, 0.1) is 0 Å². The molecule has 0 bridgehead atoms. The second-order valence-corrected chi connectivity index (χ2v) is 8.74. The molecular formula is C14H26N2O3S. The Hall–Kier alpha value is -0.620. The number of hydrogen-bond donors (Lipinski definition) is 0. The van der Waals surface area contributed by atoms with Gasteiger partial charge in [-0.15, -0.1) is 0 Å². The lowest BCUT2D eigenvalue weighted by atomic mass is 10.1. The average Bonchev–Trinajstić information content (AvgIpc) is 2.95. The number of likely N-dealkylation sites (tertiary alicyclic amines) is 2. The molecule has 2 atom stereocenters. The van der Waals surface area contributed by atoms with Gasteiger partial charge in [-0.3, -0.25) is 9.69 Å². The zero-order chi connectivity index (χ0) is 14.9. The maximum atomic E-state index is 12.3. The largest absolute Gasteiger partial charge is 0.341 e. The van der Waals surface area contributed by atoms with Gasteiger partial charge in [0.2, 0.25) is 5.91 Å². The molecule has 0 aromatic carbocycles. The molecule has 0 aliphatic carbocycles.